The number of carbonyl (C=O) groups excluding carboxylic acids is 1. The van der Waals surface area contributed by atoms with Crippen molar-refractivity contribution in [3.8, 4) is 17.2 Å². The van der Waals surface area contributed by atoms with Crippen molar-refractivity contribution in [3.05, 3.63) is 48.5 Å². The van der Waals surface area contributed by atoms with Crippen LogP contribution in [0.5, 0.6) is 17.2 Å². The Kier molecular flexibility index (Phi) is 6.76. The maximum Gasteiger partial charge on any atom is 0.267 e. The van der Waals surface area contributed by atoms with E-state index in [-0.39, 0.29) is 11.9 Å². The lowest BCUT2D eigenvalue weighted by Gasteiger charge is -2.30. The van der Waals surface area contributed by atoms with Crippen LogP contribution in [0.4, 0.5) is 5.69 Å². The van der Waals surface area contributed by atoms with Gasteiger partial charge in [0.15, 0.2) is 6.10 Å². The third-order valence-corrected chi connectivity index (χ3v) is 4.91. The first-order valence-electron chi connectivity index (χ1n) is 9.61. The summed E-state index contributed by atoms with van der Waals surface area (Å²) in [7, 11) is 3.20. The summed E-state index contributed by atoms with van der Waals surface area (Å²) in [6.07, 6.45) is 1.52. The van der Waals surface area contributed by atoms with E-state index < -0.39 is 6.10 Å². The van der Waals surface area contributed by atoms with Crippen molar-refractivity contribution in [1.29, 1.82) is 0 Å². The summed E-state index contributed by atoms with van der Waals surface area (Å²) in [5, 5.41) is 3.46. The lowest BCUT2D eigenvalue weighted by atomic mass is 10.1. The van der Waals surface area contributed by atoms with E-state index in [2.05, 4.69) is 5.32 Å². The second-order valence-electron chi connectivity index (χ2n) is 6.85. The Bertz CT molecular complexity index is 775. The number of hydrogen-bond donors (Lipinski definition) is 1. The van der Waals surface area contributed by atoms with E-state index >= 15 is 0 Å². The first kappa shape index (κ1) is 20.0. The molecule has 1 fully saturated rings. The topological polar surface area (TPSA) is 60.0 Å². The van der Waals surface area contributed by atoms with E-state index in [0.717, 1.165) is 19.4 Å². The van der Waals surface area contributed by atoms with Crippen molar-refractivity contribution in [1.82, 2.24) is 5.32 Å². The van der Waals surface area contributed by atoms with Gasteiger partial charge in [-0.1, -0.05) is 18.2 Å². The molecule has 3 rings (SSSR count). The van der Waals surface area contributed by atoms with Gasteiger partial charge in [-0.05, 0) is 50.6 Å². The molecule has 2 aromatic carbocycles. The van der Waals surface area contributed by atoms with Gasteiger partial charge >= 0.3 is 0 Å². The highest BCUT2D eigenvalue weighted by molar-refractivity contribution is 5.98. The summed E-state index contributed by atoms with van der Waals surface area (Å²) in [5.74, 6) is 1.84. The zero-order valence-corrected chi connectivity index (χ0v) is 16.7. The van der Waals surface area contributed by atoms with Gasteiger partial charge in [0.1, 0.15) is 17.2 Å². The zero-order chi connectivity index (χ0) is 19.9. The molecule has 2 unspecified atom stereocenters. The maximum atomic E-state index is 13.3. The minimum absolute atomic E-state index is 0.110. The van der Waals surface area contributed by atoms with E-state index in [0.29, 0.717) is 29.5 Å². The van der Waals surface area contributed by atoms with Gasteiger partial charge in [-0.15, -0.1) is 0 Å². The van der Waals surface area contributed by atoms with E-state index in [1.54, 1.807) is 32.1 Å². The monoisotopic (exact) mass is 384 g/mol. The number of nitrogens with one attached hydrogen (secondary N) is 1. The van der Waals surface area contributed by atoms with Crippen molar-refractivity contribution >= 4 is 11.6 Å². The molecule has 28 heavy (non-hydrogen) atoms. The largest absolute Gasteiger partial charge is 0.497 e. The second kappa shape index (κ2) is 9.46. The van der Waals surface area contributed by atoms with Crippen LogP contribution in [0.3, 0.4) is 0 Å². The summed E-state index contributed by atoms with van der Waals surface area (Å²) in [6, 6.07) is 15.1. The van der Waals surface area contributed by atoms with Gasteiger partial charge in [0.25, 0.3) is 5.91 Å². The molecular weight excluding hydrogens is 356 g/mol. The number of benzene rings is 2. The number of amides is 1. The highest BCUT2D eigenvalue weighted by atomic mass is 16.5. The van der Waals surface area contributed by atoms with Crippen molar-refractivity contribution in [2.24, 2.45) is 0 Å². The predicted molar refractivity (Wildman–Crippen MR) is 109 cm³/mol. The Balaban J connectivity index is 1.86. The average Bonchev–Trinajstić information content (AvgIpc) is 3.25. The molecule has 150 valence electrons. The summed E-state index contributed by atoms with van der Waals surface area (Å²) in [6.45, 7) is 3.31. The van der Waals surface area contributed by atoms with Crippen LogP contribution < -0.4 is 24.4 Å². The molecule has 1 aliphatic heterocycles. The second-order valence-corrected chi connectivity index (χ2v) is 6.85. The van der Waals surface area contributed by atoms with Gasteiger partial charge in [0.05, 0.1) is 19.9 Å². The lowest BCUT2D eigenvalue weighted by molar-refractivity contribution is -0.124. The number of carbonyl (C=O) groups is 1. The van der Waals surface area contributed by atoms with Crippen LogP contribution >= 0.6 is 0 Å². The highest BCUT2D eigenvalue weighted by Crippen LogP contribution is 2.33. The number of ether oxygens (including phenoxy) is 3. The maximum absolute atomic E-state index is 13.3. The fraction of sp³-hybridized carbons (Fsp3) is 0.409. The third-order valence-electron chi connectivity index (χ3n) is 4.91. The van der Waals surface area contributed by atoms with Gasteiger partial charge < -0.3 is 24.4 Å². The molecule has 6 heteroatoms. The van der Waals surface area contributed by atoms with Crippen LogP contribution in [0.1, 0.15) is 19.8 Å². The minimum atomic E-state index is -0.629. The Labute approximate surface area is 166 Å². The number of hydrogen-bond acceptors (Lipinski definition) is 5. The number of para-hydroxylation sites is 1. The molecule has 0 saturated carbocycles. The predicted octanol–water partition coefficient (Wildman–Crippen LogP) is 3.26. The van der Waals surface area contributed by atoms with E-state index in [4.69, 9.17) is 14.2 Å². The minimum Gasteiger partial charge on any atom is -0.497 e. The molecule has 1 aliphatic rings. The highest BCUT2D eigenvalue weighted by Gasteiger charge is 2.29. The van der Waals surface area contributed by atoms with Crippen molar-refractivity contribution in [2.75, 3.05) is 32.2 Å². The van der Waals surface area contributed by atoms with Gasteiger partial charge in [-0.2, -0.15) is 0 Å². The Morgan fingerprint density at radius 1 is 1.14 bits per heavy atom. The standard InChI is InChI=1S/C22H28N2O4/c1-16(28-18-9-5-4-6-10-18)22(25)24(15-17-8-7-13-23-17)20-12-11-19(26-2)14-21(20)27-3/h4-6,9-12,14,16-17,23H,7-8,13,15H2,1-3H3. The van der Waals surface area contributed by atoms with Gasteiger partial charge in [-0.25, -0.2) is 0 Å². The lowest BCUT2D eigenvalue weighted by Crippen LogP contribution is -2.46. The van der Waals surface area contributed by atoms with Crippen LogP contribution in [-0.2, 0) is 4.79 Å². The smallest absolute Gasteiger partial charge is 0.267 e. The number of rotatable bonds is 8. The van der Waals surface area contributed by atoms with E-state index in [1.165, 1.54) is 0 Å². The summed E-state index contributed by atoms with van der Waals surface area (Å²) < 4.78 is 16.7. The first-order chi connectivity index (χ1) is 13.6. The molecule has 6 nitrogen and oxygen atoms in total. The third kappa shape index (κ3) is 4.75. The Hall–Kier alpha value is -2.73. The van der Waals surface area contributed by atoms with Crippen LogP contribution in [0, 0.1) is 0 Å². The van der Waals surface area contributed by atoms with Gasteiger partial charge in [-0.3, -0.25) is 4.79 Å². The average molecular weight is 384 g/mol. The first-order valence-corrected chi connectivity index (χ1v) is 9.61. The van der Waals surface area contributed by atoms with Crippen LogP contribution in [0.25, 0.3) is 0 Å². The molecular formula is C22H28N2O4. The zero-order valence-electron chi connectivity index (χ0n) is 16.7. The normalized spacial score (nSPS) is 17.0. The van der Waals surface area contributed by atoms with Crippen LogP contribution in [0.15, 0.2) is 48.5 Å². The number of methoxy groups -OCH3 is 2. The van der Waals surface area contributed by atoms with Crippen molar-refractivity contribution < 1.29 is 19.0 Å². The molecule has 1 saturated heterocycles. The fourth-order valence-corrected chi connectivity index (χ4v) is 3.42. The fourth-order valence-electron chi connectivity index (χ4n) is 3.42. The SMILES string of the molecule is COc1ccc(N(CC2CCCN2)C(=O)C(C)Oc2ccccc2)c(OC)c1. The summed E-state index contributed by atoms with van der Waals surface area (Å²) in [4.78, 5) is 15.1. The molecule has 1 N–H and O–H groups in total. The van der Waals surface area contributed by atoms with Crippen LogP contribution in [-0.4, -0.2) is 45.4 Å². The Morgan fingerprint density at radius 2 is 1.93 bits per heavy atom. The molecule has 0 aliphatic carbocycles. The summed E-state index contributed by atoms with van der Waals surface area (Å²) in [5.41, 5.74) is 0.713. The van der Waals surface area contributed by atoms with Crippen LogP contribution in [0.2, 0.25) is 0 Å². The molecule has 1 amide bonds. The van der Waals surface area contributed by atoms with Gasteiger partial charge in [0.2, 0.25) is 0 Å². The molecule has 2 atom stereocenters. The molecule has 0 bridgehead atoms. The molecule has 2 aromatic rings. The summed E-state index contributed by atoms with van der Waals surface area (Å²) >= 11 is 0. The number of anilines is 1. The number of nitrogens with zero attached hydrogens (tertiary/aromatic N) is 1. The van der Waals surface area contributed by atoms with Gasteiger partial charge in [0, 0.05) is 18.7 Å². The Morgan fingerprint density at radius 3 is 2.57 bits per heavy atom. The molecule has 0 spiro atoms. The molecule has 1 heterocycles. The molecule has 0 radical (unpaired) electrons. The van der Waals surface area contributed by atoms with E-state index in [9.17, 15) is 4.79 Å². The quantitative estimate of drug-likeness (QED) is 0.757. The van der Waals surface area contributed by atoms with E-state index in [1.807, 2.05) is 42.5 Å². The molecule has 0 aromatic heterocycles. The van der Waals surface area contributed by atoms with Crippen molar-refractivity contribution in [3.63, 3.8) is 0 Å². The van der Waals surface area contributed by atoms with Crippen molar-refractivity contribution in [2.45, 2.75) is 31.9 Å².